The Balaban J connectivity index is 2.11. The van der Waals surface area contributed by atoms with Gasteiger partial charge in [-0.05, 0) is 43.5 Å². The van der Waals surface area contributed by atoms with E-state index in [4.69, 9.17) is 15.2 Å². The van der Waals surface area contributed by atoms with Crippen LogP contribution in [0, 0.1) is 5.92 Å². The zero-order valence-electron chi connectivity index (χ0n) is 10.6. The number of ether oxygens (including phenoxy) is 2. The van der Waals surface area contributed by atoms with Crippen molar-refractivity contribution in [3.05, 3.63) is 23.8 Å². The van der Waals surface area contributed by atoms with Gasteiger partial charge in [-0.3, -0.25) is 4.79 Å². The zero-order valence-corrected chi connectivity index (χ0v) is 10.6. The molecule has 2 N–H and O–H groups in total. The Bertz CT molecular complexity index is 427. The molecule has 0 atom stereocenters. The third kappa shape index (κ3) is 3.23. The molecular weight excluding hydrogens is 230 g/mol. The normalized spacial score (nSPS) is 14.3. The Labute approximate surface area is 107 Å². The molecule has 0 aliphatic heterocycles. The van der Waals surface area contributed by atoms with Crippen LogP contribution < -0.4 is 15.2 Å². The first-order valence-electron chi connectivity index (χ1n) is 6.28. The minimum atomic E-state index is 0.0384. The van der Waals surface area contributed by atoms with Crippen LogP contribution in [0.2, 0.25) is 0 Å². The Hall–Kier alpha value is -1.55. The van der Waals surface area contributed by atoms with E-state index >= 15 is 0 Å². The molecule has 4 heteroatoms. The van der Waals surface area contributed by atoms with Gasteiger partial charge in [0, 0.05) is 12.0 Å². The fraction of sp³-hybridized carbons (Fsp3) is 0.500. The van der Waals surface area contributed by atoms with Crippen LogP contribution in [-0.4, -0.2) is 26.0 Å². The summed E-state index contributed by atoms with van der Waals surface area (Å²) in [7, 11) is 1.60. The van der Waals surface area contributed by atoms with E-state index in [2.05, 4.69) is 0 Å². The fourth-order valence-corrected chi connectivity index (χ4v) is 1.73. The second-order valence-electron chi connectivity index (χ2n) is 4.58. The molecule has 1 aromatic carbocycles. The molecule has 0 spiro atoms. The Morgan fingerprint density at radius 3 is 2.78 bits per heavy atom. The molecule has 0 bridgehead atoms. The summed E-state index contributed by atoms with van der Waals surface area (Å²) in [5.41, 5.74) is 6.02. The van der Waals surface area contributed by atoms with Gasteiger partial charge in [-0.25, -0.2) is 0 Å². The molecule has 1 aromatic rings. The maximum absolute atomic E-state index is 11.8. The number of ketones is 1. The lowest BCUT2D eigenvalue weighted by Crippen LogP contribution is -2.09. The molecule has 0 amide bonds. The summed E-state index contributed by atoms with van der Waals surface area (Å²) in [6.45, 7) is 1.06. The highest BCUT2D eigenvalue weighted by atomic mass is 16.5. The van der Waals surface area contributed by atoms with Gasteiger partial charge in [0.15, 0.2) is 17.3 Å². The van der Waals surface area contributed by atoms with Crippen molar-refractivity contribution in [3.63, 3.8) is 0 Å². The van der Waals surface area contributed by atoms with Gasteiger partial charge >= 0.3 is 0 Å². The molecule has 1 aliphatic rings. The largest absolute Gasteiger partial charge is 0.493 e. The number of hydrogen-bond acceptors (Lipinski definition) is 4. The van der Waals surface area contributed by atoms with E-state index in [1.54, 1.807) is 25.3 Å². The highest BCUT2D eigenvalue weighted by Crippen LogP contribution is 2.33. The Kier molecular flexibility index (Phi) is 4.20. The quantitative estimate of drug-likeness (QED) is 0.751. The number of methoxy groups -OCH3 is 1. The van der Waals surface area contributed by atoms with Gasteiger partial charge in [0.2, 0.25) is 0 Å². The van der Waals surface area contributed by atoms with Crippen LogP contribution in [0.5, 0.6) is 11.5 Å². The number of hydrogen-bond donors (Lipinski definition) is 1. The van der Waals surface area contributed by atoms with Gasteiger partial charge in [-0.1, -0.05) is 0 Å². The van der Waals surface area contributed by atoms with Crippen LogP contribution in [0.4, 0.5) is 0 Å². The molecule has 0 radical (unpaired) electrons. The van der Waals surface area contributed by atoms with Crippen molar-refractivity contribution in [1.82, 2.24) is 0 Å². The van der Waals surface area contributed by atoms with Crippen LogP contribution >= 0.6 is 0 Å². The average Bonchev–Trinajstić information content (AvgIpc) is 3.20. The maximum atomic E-state index is 11.8. The van der Waals surface area contributed by atoms with Gasteiger partial charge in [-0.15, -0.1) is 0 Å². The minimum Gasteiger partial charge on any atom is -0.493 e. The lowest BCUT2D eigenvalue weighted by atomic mass is 10.1. The molecule has 1 aliphatic carbocycles. The average molecular weight is 249 g/mol. The minimum absolute atomic E-state index is 0.0384. The molecule has 2 rings (SSSR count). The van der Waals surface area contributed by atoms with Crippen molar-refractivity contribution >= 4 is 5.78 Å². The van der Waals surface area contributed by atoms with Crippen molar-refractivity contribution in [3.8, 4) is 11.5 Å². The molecule has 0 aromatic heterocycles. The lowest BCUT2D eigenvalue weighted by Gasteiger charge is -2.11. The SMILES string of the molecule is COc1ccc(C(=O)CCN)cc1OCC1CC1. The van der Waals surface area contributed by atoms with Crippen LogP contribution in [0.25, 0.3) is 0 Å². The molecule has 98 valence electrons. The summed E-state index contributed by atoms with van der Waals surface area (Å²) in [5, 5.41) is 0. The van der Waals surface area contributed by atoms with Crippen molar-refractivity contribution in [1.29, 1.82) is 0 Å². The summed E-state index contributed by atoms with van der Waals surface area (Å²) in [6, 6.07) is 5.27. The summed E-state index contributed by atoms with van der Waals surface area (Å²) in [4.78, 5) is 11.8. The fourth-order valence-electron chi connectivity index (χ4n) is 1.73. The van der Waals surface area contributed by atoms with Gasteiger partial charge in [0.05, 0.1) is 13.7 Å². The predicted molar refractivity (Wildman–Crippen MR) is 69.2 cm³/mol. The zero-order chi connectivity index (χ0) is 13.0. The first kappa shape index (κ1) is 12.9. The van der Waals surface area contributed by atoms with Crippen LogP contribution in [-0.2, 0) is 0 Å². The van der Waals surface area contributed by atoms with Crippen LogP contribution in [0.1, 0.15) is 29.6 Å². The van der Waals surface area contributed by atoms with E-state index in [9.17, 15) is 4.79 Å². The molecular formula is C14H19NO3. The summed E-state index contributed by atoms with van der Waals surface area (Å²) in [5.74, 6) is 2.02. The lowest BCUT2D eigenvalue weighted by molar-refractivity contribution is 0.0985. The van der Waals surface area contributed by atoms with Crippen LogP contribution in [0.3, 0.4) is 0 Å². The van der Waals surface area contributed by atoms with E-state index < -0.39 is 0 Å². The highest BCUT2D eigenvalue weighted by molar-refractivity contribution is 5.96. The number of rotatable bonds is 7. The van der Waals surface area contributed by atoms with E-state index in [0.717, 1.165) is 0 Å². The van der Waals surface area contributed by atoms with E-state index in [1.165, 1.54) is 12.8 Å². The molecule has 0 saturated heterocycles. The topological polar surface area (TPSA) is 61.5 Å². The van der Waals surface area contributed by atoms with Gasteiger partial charge in [0.1, 0.15) is 0 Å². The van der Waals surface area contributed by atoms with E-state index in [-0.39, 0.29) is 5.78 Å². The summed E-state index contributed by atoms with van der Waals surface area (Å²) >= 11 is 0. The van der Waals surface area contributed by atoms with E-state index in [0.29, 0.717) is 42.6 Å². The van der Waals surface area contributed by atoms with E-state index in [1.807, 2.05) is 0 Å². The second-order valence-corrected chi connectivity index (χ2v) is 4.58. The summed E-state index contributed by atoms with van der Waals surface area (Å²) in [6.07, 6.45) is 2.82. The Morgan fingerprint density at radius 1 is 1.39 bits per heavy atom. The molecule has 1 fully saturated rings. The van der Waals surface area contributed by atoms with Crippen molar-refractivity contribution in [2.24, 2.45) is 11.7 Å². The molecule has 0 unspecified atom stereocenters. The number of nitrogens with two attached hydrogens (primary N) is 1. The number of carbonyl (C=O) groups excluding carboxylic acids is 1. The monoisotopic (exact) mass is 249 g/mol. The van der Waals surface area contributed by atoms with Crippen LogP contribution in [0.15, 0.2) is 18.2 Å². The predicted octanol–water partition coefficient (Wildman–Crippen LogP) is 2.02. The number of Topliss-reactive ketones (excluding diaryl/α,β-unsaturated/α-hetero) is 1. The second kappa shape index (κ2) is 5.87. The highest BCUT2D eigenvalue weighted by Gasteiger charge is 2.22. The third-order valence-electron chi connectivity index (χ3n) is 3.03. The standard InChI is InChI=1S/C14H19NO3/c1-17-13-5-4-11(12(16)6-7-15)8-14(13)18-9-10-2-3-10/h4-5,8,10H,2-3,6-7,9,15H2,1H3. The molecule has 1 saturated carbocycles. The number of carbonyl (C=O) groups is 1. The maximum Gasteiger partial charge on any atom is 0.164 e. The molecule has 0 heterocycles. The molecule has 4 nitrogen and oxygen atoms in total. The van der Waals surface area contributed by atoms with Gasteiger partial charge < -0.3 is 15.2 Å². The third-order valence-corrected chi connectivity index (χ3v) is 3.03. The first-order chi connectivity index (χ1) is 8.74. The Morgan fingerprint density at radius 2 is 2.17 bits per heavy atom. The molecule has 18 heavy (non-hydrogen) atoms. The number of benzene rings is 1. The van der Waals surface area contributed by atoms with Gasteiger partial charge in [0.25, 0.3) is 0 Å². The van der Waals surface area contributed by atoms with Gasteiger partial charge in [-0.2, -0.15) is 0 Å². The van der Waals surface area contributed by atoms with Crippen molar-refractivity contribution < 1.29 is 14.3 Å². The smallest absolute Gasteiger partial charge is 0.164 e. The first-order valence-corrected chi connectivity index (χ1v) is 6.28. The summed E-state index contributed by atoms with van der Waals surface area (Å²) < 4.78 is 10.9. The van der Waals surface area contributed by atoms with Crippen molar-refractivity contribution in [2.45, 2.75) is 19.3 Å². The van der Waals surface area contributed by atoms with Crippen molar-refractivity contribution in [2.75, 3.05) is 20.3 Å².